The fourth-order valence-corrected chi connectivity index (χ4v) is 4.71. The van der Waals surface area contributed by atoms with Gasteiger partial charge in [0.25, 0.3) is 0 Å². The van der Waals surface area contributed by atoms with Crippen LogP contribution in [0.1, 0.15) is 12.5 Å². The number of benzene rings is 3. The first kappa shape index (κ1) is 17.4. The van der Waals surface area contributed by atoms with Gasteiger partial charge in [0.1, 0.15) is 16.2 Å². The molecule has 1 aromatic heterocycles. The Balaban J connectivity index is 1.99. The molecule has 4 aromatic rings. The minimum atomic E-state index is -3.84. The molecule has 0 spiro atoms. The first-order chi connectivity index (χ1) is 13.0. The number of hydrogen-bond acceptors (Lipinski definition) is 4. The highest BCUT2D eigenvalue weighted by atomic mass is 32.2. The molecule has 27 heavy (non-hydrogen) atoms. The van der Waals surface area contributed by atoms with Gasteiger partial charge in [-0.2, -0.15) is 0 Å². The molecule has 0 saturated heterocycles. The van der Waals surface area contributed by atoms with Crippen molar-refractivity contribution < 1.29 is 17.9 Å². The summed E-state index contributed by atoms with van der Waals surface area (Å²) in [6.45, 7) is 2.07. The molecule has 1 heterocycles. The average Bonchev–Trinajstić information content (AvgIpc) is 3.09. The number of furan rings is 1. The molecule has 3 aromatic carbocycles. The van der Waals surface area contributed by atoms with E-state index in [-0.39, 0.29) is 15.5 Å². The summed E-state index contributed by atoms with van der Waals surface area (Å²) in [5.41, 5.74) is 2.39. The minimum Gasteiger partial charge on any atom is -0.508 e. The van der Waals surface area contributed by atoms with Crippen molar-refractivity contribution in [3.63, 3.8) is 0 Å². The largest absolute Gasteiger partial charge is 0.508 e. The first-order valence-corrected chi connectivity index (χ1v) is 10.1. The molecule has 0 radical (unpaired) electrons. The van der Waals surface area contributed by atoms with E-state index in [1.54, 1.807) is 18.2 Å². The van der Waals surface area contributed by atoms with Crippen LogP contribution >= 0.6 is 0 Å². The van der Waals surface area contributed by atoms with Gasteiger partial charge >= 0.3 is 0 Å². The second kappa shape index (κ2) is 6.59. The van der Waals surface area contributed by atoms with Crippen molar-refractivity contribution in [2.45, 2.75) is 23.1 Å². The molecule has 0 aliphatic carbocycles. The third kappa shape index (κ3) is 3.00. The Labute approximate surface area is 157 Å². The van der Waals surface area contributed by atoms with Gasteiger partial charge < -0.3 is 9.52 Å². The molecule has 5 heteroatoms. The smallest absolute Gasteiger partial charge is 0.211 e. The number of aryl methyl sites for hydroxylation is 1. The highest BCUT2D eigenvalue weighted by Crippen LogP contribution is 2.39. The van der Waals surface area contributed by atoms with Crippen LogP contribution in [0.5, 0.6) is 5.75 Å². The zero-order valence-corrected chi connectivity index (χ0v) is 15.5. The van der Waals surface area contributed by atoms with Crippen molar-refractivity contribution in [3.8, 4) is 17.1 Å². The summed E-state index contributed by atoms with van der Waals surface area (Å²) >= 11 is 0. The van der Waals surface area contributed by atoms with Gasteiger partial charge in [-0.3, -0.25) is 0 Å². The Bertz CT molecular complexity index is 1200. The Hall–Kier alpha value is -3.05. The molecule has 0 saturated carbocycles. The standard InChI is InChI=1S/C22H18O4S/c1-2-15-7-9-16(10-8-15)21-22(19-5-3-4-6-20(19)26-21)27(24,25)18-13-11-17(23)12-14-18/h3-14,23H,2H2,1H3. The van der Waals surface area contributed by atoms with Gasteiger partial charge in [-0.05, 0) is 48.4 Å². The lowest BCUT2D eigenvalue weighted by molar-refractivity contribution is 0.475. The maximum absolute atomic E-state index is 13.4. The van der Waals surface area contributed by atoms with Crippen molar-refractivity contribution in [1.29, 1.82) is 0 Å². The van der Waals surface area contributed by atoms with Gasteiger partial charge in [0.05, 0.1) is 4.90 Å². The summed E-state index contributed by atoms with van der Waals surface area (Å²) in [4.78, 5) is 0.256. The fraction of sp³-hybridized carbons (Fsp3) is 0.0909. The second-order valence-corrected chi connectivity index (χ2v) is 8.19. The van der Waals surface area contributed by atoms with Crippen LogP contribution in [0.3, 0.4) is 0 Å². The lowest BCUT2D eigenvalue weighted by Crippen LogP contribution is -2.02. The Morgan fingerprint density at radius 1 is 0.889 bits per heavy atom. The van der Waals surface area contributed by atoms with E-state index in [2.05, 4.69) is 6.92 Å². The molecule has 0 bridgehead atoms. The van der Waals surface area contributed by atoms with Gasteiger partial charge in [-0.25, -0.2) is 8.42 Å². The third-order valence-electron chi connectivity index (χ3n) is 4.59. The van der Waals surface area contributed by atoms with E-state index >= 15 is 0 Å². The van der Waals surface area contributed by atoms with E-state index in [0.717, 1.165) is 12.0 Å². The van der Waals surface area contributed by atoms with Gasteiger partial charge in [-0.15, -0.1) is 0 Å². The maximum atomic E-state index is 13.4. The average molecular weight is 378 g/mol. The zero-order chi connectivity index (χ0) is 19.0. The molecule has 0 fully saturated rings. The van der Waals surface area contributed by atoms with Gasteiger partial charge in [0, 0.05) is 10.9 Å². The number of rotatable bonds is 4. The van der Waals surface area contributed by atoms with E-state index in [9.17, 15) is 13.5 Å². The van der Waals surface area contributed by atoms with Crippen molar-refractivity contribution >= 4 is 20.8 Å². The number of phenolic OH excluding ortho intramolecular Hbond substituents is 1. The van der Waals surface area contributed by atoms with Gasteiger partial charge in [-0.1, -0.05) is 43.3 Å². The number of hydrogen-bond donors (Lipinski definition) is 1. The molecule has 0 aliphatic rings. The molecule has 1 N–H and O–H groups in total. The molecule has 136 valence electrons. The van der Waals surface area contributed by atoms with Crippen LogP contribution in [0.2, 0.25) is 0 Å². The Kier molecular flexibility index (Phi) is 4.24. The van der Waals surface area contributed by atoms with E-state index in [0.29, 0.717) is 22.3 Å². The summed E-state index contributed by atoms with van der Waals surface area (Å²) in [5.74, 6) is 0.341. The predicted octanol–water partition coefficient (Wildman–Crippen LogP) is 5.20. The first-order valence-electron chi connectivity index (χ1n) is 8.65. The van der Waals surface area contributed by atoms with Crippen molar-refractivity contribution in [2.24, 2.45) is 0 Å². The van der Waals surface area contributed by atoms with Crippen molar-refractivity contribution in [2.75, 3.05) is 0 Å². The third-order valence-corrected chi connectivity index (χ3v) is 6.43. The minimum absolute atomic E-state index is 0.0152. The number of para-hydroxylation sites is 1. The highest BCUT2D eigenvalue weighted by Gasteiger charge is 2.28. The molecular weight excluding hydrogens is 360 g/mol. The predicted molar refractivity (Wildman–Crippen MR) is 105 cm³/mol. The summed E-state index contributed by atoms with van der Waals surface area (Å²) < 4.78 is 32.8. The van der Waals surface area contributed by atoms with E-state index in [4.69, 9.17) is 4.42 Å². The number of phenols is 1. The molecule has 4 nitrogen and oxygen atoms in total. The quantitative estimate of drug-likeness (QED) is 0.530. The van der Waals surface area contributed by atoms with Crippen molar-refractivity contribution in [1.82, 2.24) is 0 Å². The summed E-state index contributed by atoms with van der Waals surface area (Å²) in [7, 11) is -3.84. The maximum Gasteiger partial charge on any atom is 0.211 e. The number of sulfone groups is 1. The Morgan fingerprint density at radius 2 is 1.56 bits per heavy atom. The van der Waals surface area contributed by atoms with Crippen LogP contribution in [-0.2, 0) is 16.3 Å². The van der Waals surface area contributed by atoms with Gasteiger partial charge in [0.2, 0.25) is 9.84 Å². The van der Waals surface area contributed by atoms with Crippen LogP contribution in [0, 0.1) is 0 Å². The fourth-order valence-electron chi connectivity index (χ4n) is 3.11. The van der Waals surface area contributed by atoms with E-state index < -0.39 is 9.84 Å². The molecule has 0 atom stereocenters. The molecule has 4 rings (SSSR count). The monoisotopic (exact) mass is 378 g/mol. The topological polar surface area (TPSA) is 67.5 Å². The van der Waals surface area contributed by atoms with Gasteiger partial charge in [0.15, 0.2) is 5.76 Å². The highest BCUT2D eigenvalue weighted by molar-refractivity contribution is 7.91. The van der Waals surface area contributed by atoms with Crippen molar-refractivity contribution in [3.05, 3.63) is 78.4 Å². The molecule has 0 unspecified atom stereocenters. The van der Waals surface area contributed by atoms with E-state index in [1.165, 1.54) is 24.3 Å². The normalized spacial score (nSPS) is 11.7. The molecule has 0 amide bonds. The van der Waals surface area contributed by atoms with Crippen LogP contribution in [0.4, 0.5) is 0 Å². The van der Waals surface area contributed by atoms with Crippen LogP contribution in [0.25, 0.3) is 22.3 Å². The lowest BCUT2D eigenvalue weighted by Gasteiger charge is -2.07. The summed E-state index contributed by atoms with van der Waals surface area (Å²) in [6, 6.07) is 20.3. The SMILES string of the molecule is CCc1ccc(-c2oc3ccccc3c2S(=O)(=O)c2ccc(O)cc2)cc1. The summed E-state index contributed by atoms with van der Waals surface area (Å²) in [6.07, 6.45) is 0.902. The van der Waals surface area contributed by atoms with Crippen LogP contribution in [0.15, 0.2) is 87.0 Å². The summed E-state index contributed by atoms with van der Waals surface area (Å²) in [5, 5.41) is 10.0. The van der Waals surface area contributed by atoms with Crippen LogP contribution in [-0.4, -0.2) is 13.5 Å². The number of fused-ring (bicyclic) bond motifs is 1. The lowest BCUT2D eigenvalue weighted by atomic mass is 10.1. The second-order valence-electron chi connectivity index (χ2n) is 6.30. The van der Waals surface area contributed by atoms with Crippen LogP contribution < -0.4 is 0 Å². The molecule has 0 aliphatic heterocycles. The zero-order valence-electron chi connectivity index (χ0n) is 14.7. The number of aromatic hydroxyl groups is 1. The molecular formula is C22H18O4S. The van der Waals surface area contributed by atoms with E-state index in [1.807, 2.05) is 30.3 Å². The Morgan fingerprint density at radius 3 is 2.22 bits per heavy atom.